The lowest BCUT2D eigenvalue weighted by Crippen LogP contribution is -2.47. The summed E-state index contributed by atoms with van der Waals surface area (Å²) in [5.41, 5.74) is 8.62. The summed E-state index contributed by atoms with van der Waals surface area (Å²) < 4.78 is 11.7. The lowest BCUT2D eigenvalue weighted by atomic mass is 10.0. The van der Waals surface area contributed by atoms with E-state index in [4.69, 9.17) is 27.9 Å². The standard InChI is InChI=1S/C16H26ClN5OS/c1-16(2,15(11-18)20-19)21-24-22-9-7-14(8-10-22)23-13-5-3-12(17)4-6-13/h3-6,11,14,20-21H,7-10,18-19H2,1-2H3/b15-11-. The predicted molar refractivity (Wildman–Crippen MR) is 101 cm³/mol. The maximum atomic E-state index is 6.01. The molecule has 0 unspecified atom stereocenters. The number of ether oxygens (including phenoxy) is 1. The number of halogens is 1. The van der Waals surface area contributed by atoms with E-state index in [2.05, 4.69) is 14.5 Å². The summed E-state index contributed by atoms with van der Waals surface area (Å²) in [7, 11) is 0. The van der Waals surface area contributed by atoms with Crippen molar-refractivity contribution in [3.05, 3.63) is 41.2 Å². The summed E-state index contributed by atoms with van der Waals surface area (Å²) in [4.78, 5) is 0. The molecule has 6 nitrogen and oxygen atoms in total. The summed E-state index contributed by atoms with van der Waals surface area (Å²) in [6.07, 6.45) is 3.68. The van der Waals surface area contributed by atoms with E-state index >= 15 is 0 Å². The Balaban J connectivity index is 1.75. The number of rotatable bonds is 7. The van der Waals surface area contributed by atoms with E-state index in [0.29, 0.717) is 0 Å². The van der Waals surface area contributed by atoms with Gasteiger partial charge >= 0.3 is 0 Å². The van der Waals surface area contributed by atoms with Gasteiger partial charge in [-0.05, 0) is 51.0 Å². The largest absolute Gasteiger partial charge is 0.490 e. The minimum absolute atomic E-state index is 0.237. The number of nitrogens with one attached hydrogen (secondary N) is 2. The Morgan fingerprint density at radius 1 is 1.33 bits per heavy atom. The van der Waals surface area contributed by atoms with Crippen LogP contribution < -0.4 is 26.5 Å². The number of piperidine rings is 1. The van der Waals surface area contributed by atoms with Gasteiger partial charge < -0.3 is 15.9 Å². The van der Waals surface area contributed by atoms with Crippen molar-refractivity contribution in [1.29, 1.82) is 0 Å². The lowest BCUT2D eigenvalue weighted by molar-refractivity contribution is 0.138. The normalized spacial score (nSPS) is 17.8. The van der Waals surface area contributed by atoms with Gasteiger partial charge in [0, 0.05) is 36.4 Å². The van der Waals surface area contributed by atoms with Gasteiger partial charge in [0.2, 0.25) is 0 Å². The molecule has 0 saturated carbocycles. The molecule has 1 aliphatic heterocycles. The number of benzene rings is 1. The van der Waals surface area contributed by atoms with E-state index in [9.17, 15) is 0 Å². The second-order valence-electron chi connectivity index (χ2n) is 6.24. The van der Waals surface area contributed by atoms with Crippen LogP contribution in [0.1, 0.15) is 26.7 Å². The molecular weight excluding hydrogens is 346 g/mol. The molecule has 1 aromatic carbocycles. The van der Waals surface area contributed by atoms with Crippen LogP contribution >= 0.6 is 23.7 Å². The minimum Gasteiger partial charge on any atom is -0.490 e. The van der Waals surface area contributed by atoms with Crippen molar-refractivity contribution in [2.24, 2.45) is 11.6 Å². The average molecular weight is 372 g/mol. The van der Waals surface area contributed by atoms with Crippen molar-refractivity contribution >= 4 is 23.7 Å². The smallest absolute Gasteiger partial charge is 0.119 e. The third-order valence-electron chi connectivity index (χ3n) is 3.94. The highest BCUT2D eigenvalue weighted by Crippen LogP contribution is 2.25. The van der Waals surface area contributed by atoms with Crippen LogP contribution in [0.2, 0.25) is 5.02 Å². The molecule has 6 N–H and O–H groups in total. The second-order valence-corrected chi connectivity index (χ2v) is 7.58. The van der Waals surface area contributed by atoms with Crippen LogP contribution in [-0.4, -0.2) is 29.0 Å². The first kappa shape index (κ1) is 19.2. The number of hydrogen-bond acceptors (Lipinski definition) is 7. The van der Waals surface area contributed by atoms with E-state index in [0.717, 1.165) is 42.4 Å². The summed E-state index contributed by atoms with van der Waals surface area (Å²) in [5, 5.41) is 0.722. The molecule has 1 fully saturated rings. The van der Waals surface area contributed by atoms with Crippen LogP contribution in [0.15, 0.2) is 36.2 Å². The maximum absolute atomic E-state index is 6.01. The van der Waals surface area contributed by atoms with Gasteiger partial charge in [-0.1, -0.05) is 11.6 Å². The highest BCUT2D eigenvalue weighted by Gasteiger charge is 2.26. The Hall–Kier alpha value is -1.12. The van der Waals surface area contributed by atoms with Crippen molar-refractivity contribution in [2.45, 2.75) is 38.3 Å². The Morgan fingerprint density at radius 3 is 2.50 bits per heavy atom. The highest BCUT2D eigenvalue weighted by molar-refractivity contribution is 7.95. The topological polar surface area (TPSA) is 88.6 Å². The van der Waals surface area contributed by atoms with Crippen molar-refractivity contribution in [2.75, 3.05) is 13.1 Å². The molecule has 0 amide bonds. The Kier molecular flexibility index (Phi) is 7.06. The number of nitrogens with two attached hydrogens (primary N) is 2. The zero-order valence-electron chi connectivity index (χ0n) is 14.1. The molecule has 0 atom stereocenters. The van der Waals surface area contributed by atoms with E-state index in [1.165, 1.54) is 6.20 Å². The van der Waals surface area contributed by atoms with Crippen LogP contribution in [0.25, 0.3) is 0 Å². The first-order valence-electron chi connectivity index (χ1n) is 7.95. The number of hydrogen-bond donors (Lipinski definition) is 4. The second kappa shape index (κ2) is 8.82. The van der Waals surface area contributed by atoms with Gasteiger partial charge in [0.1, 0.15) is 11.9 Å². The molecule has 0 radical (unpaired) electrons. The van der Waals surface area contributed by atoms with E-state index in [1.54, 1.807) is 12.1 Å². The van der Waals surface area contributed by atoms with Crippen LogP contribution in [0.3, 0.4) is 0 Å². The average Bonchev–Trinajstić information content (AvgIpc) is 2.57. The summed E-state index contributed by atoms with van der Waals surface area (Å²) in [5.74, 6) is 6.36. The molecule has 1 saturated heterocycles. The molecule has 2 rings (SSSR count). The molecule has 134 valence electrons. The molecular formula is C16H26ClN5OS. The zero-order valence-corrected chi connectivity index (χ0v) is 15.7. The van der Waals surface area contributed by atoms with Gasteiger partial charge in [0.05, 0.1) is 11.2 Å². The molecule has 8 heteroatoms. The number of hydrazine groups is 1. The third-order valence-corrected chi connectivity index (χ3v) is 5.42. The highest BCUT2D eigenvalue weighted by atomic mass is 35.5. The third kappa shape index (κ3) is 5.46. The summed E-state index contributed by atoms with van der Waals surface area (Å²) in [6, 6.07) is 7.52. The van der Waals surface area contributed by atoms with Crippen molar-refractivity contribution in [1.82, 2.24) is 14.5 Å². The Bertz CT molecular complexity index is 544. The fraction of sp³-hybridized carbons (Fsp3) is 0.500. The van der Waals surface area contributed by atoms with Gasteiger partial charge in [-0.3, -0.25) is 5.84 Å². The van der Waals surface area contributed by atoms with E-state index in [-0.39, 0.29) is 11.6 Å². The van der Waals surface area contributed by atoms with Gasteiger partial charge in [0.15, 0.2) is 0 Å². The van der Waals surface area contributed by atoms with Crippen LogP contribution in [0.5, 0.6) is 5.75 Å². The lowest BCUT2D eigenvalue weighted by Gasteiger charge is -2.34. The van der Waals surface area contributed by atoms with Crippen molar-refractivity contribution in [3.8, 4) is 5.75 Å². The van der Waals surface area contributed by atoms with Crippen LogP contribution in [-0.2, 0) is 0 Å². The number of nitrogens with zero attached hydrogens (tertiary/aromatic N) is 1. The van der Waals surface area contributed by atoms with Crippen molar-refractivity contribution < 1.29 is 4.74 Å². The van der Waals surface area contributed by atoms with E-state index in [1.807, 2.05) is 38.1 Å². The first-order valence-corrected chi connectivity index (χ1v) is 9.10. The minimum atomic E-state index is -0.342. The van der Waals surface area contributed by atoms with Gasteiger partial charge in [-0.25, -0.2) is 9.03 Å². The maximum Gasteiger partial charge on any atom is 0.119 e. The summed E-state index contributed by atoms with van der Waals surface area (Å²) in [6.45, 7) is 5.94. The molecule has 1 aromatic rings. The van der Waals surface area contributed by atoms with Crippen LogP contribution in [0, 0.1) is 0 Å². The van der Waals surface area contributed by atoms with E-state index < -0.39 is 0 Å². The molecule has 1 aliphatic rings. The Morgan fingerprint density at radius 2 is 1.96 bits per heavy atom. The fourth-order valence-corrected chi connectivity index (χ4v) is 3.40. The fourth-order valence-electron chi connectivity index (χ4n) is 2.42. The Labute approximate surface area is 153 Å². The molecule has 24 heavy (non-hydrogen) atoms. The van der Waals surface area contributed by atoms with Gasteiger partial charge in [-0.2, -0.15) is 0 Å². The molecule has 0 bridgehead atoms. The monoisotopic (exact) mass is 371 g/mol. The van der Waals surface area contributed by atoms with Gasteiger partial charge in [0.25, 0.3) is 0 Å². The predicted octanol–water partition coefficient (Wildman–Crippen LogP) is 2.38. The molecule has 0 aromatic heterocycles. The molecule has 1 heterocycles. The molecule has 0 aliphatic carbocycles. The summed E-state index contributed by atoms with van der Waals surface area (Å²) >= 11 is 7.48. The van der Waals surface area contributed by atoms with Gasteiger partial charge in [-0.15, -0.1) is 0 Å². The first-order chi connectivity index (χ1) is 11.4. The zero-order chi connectivity index (χ0) is 17.6. The van der Waals surface area contributed by atoms with Crippen LogP contribution in [0.4, 0.5) is 0 Å². The quantitative estimate of drug-likeness (QED) is 0.332. The van der Waals surface area contributed by atoms with Crippen molar-refractivity contribution in [3.63, 3.8) is 0 Å². The SMILES string of the molecule is CC(C)(NSN1CCC(Oc2ccc(Cl)cc2)CC1)/C(=C/N)NN. The molecule has 0 spiro atoms.